The number of phenolic OH excluding ortho intramolecular Hbond substituents is 1. The van der Waals surface area contributed by atoms with Crippen molar-refractivity contribution in [2.45, 2.75) is 6.42 Å². The van der Waals surface area contributed by atoms with Crippen molar-refractivity contribution >= 4 is 38.3 Å². The van der Waals surface area contributed by atoms with Crippen molar-refractivity contribution in [2.75, 3.05) is 12.4 Å². The number of anilines is 1. The van der Waals surface area contributed by atoms with E-state index in [0.717, 1.165) is 11.3 Å². The molecule has 0 radical (unpaired) electrons. The van der Waals surface area contributed by atoms with Crippen molar-refractivity contribution in [1.29, 1.82) is 0 Å². The van der Waals surface area contributed by atoms with Crippen LogP contribution < -0.4 is 10.1 Å². The van der Waals surface area contributed by atoms with E-state index in [1.54, 1.807) is 18.2 Å². The lowest BCUT2D eigenvalue weighted by Gasteiger charge is -2.06. The molecule has 0 atom stereocenters. The number of hydrogen-bond donors (Lipinski definition) is 2. The molecular weight excluding hydrogens is 346 g/mol. The lowest BCUT2D eigenvalue weighted by Crippen LogP contribution is -2.14. The van der Waals surface area contributed by atoms with Gasteiger partial charge in [0.2, 0.25) is 5.91 Å². The van der Waals surface area contributed by atoms with Gasteiger partial charge in [-0.25, -0.2) is 4.98 Å². The zero-order valence-electron chi connectivity index (χ0n) is 13.1. The first-order chi connectivity index (χ1) is 12.0. The van der Waals surface area contributed by atoms with Gasteiger partial charge in [0.1, 0.15) is 0 Å². The molecule has 0 aliphatic carbocycles. The molecule has 2 aromatic carbocycles. The van der Waals surface area contributed by atoms with Crippen LogP contribution in [0.2, 0.25) is 0 Å². The molecule has 0 saturated heterocycles. The second-order valence-electron chi connectivity index (χ2n) is 5.16. The van der Waals surface area contributed by atoms with Crippen LogP contribution in [-0.2, 0) is 11.2 Å². The summed E-state index contributed by atoms with van der Waals surface area (Å²) in [6.45, 7) is 0. The summed E-state index contributed by atoms with van der Waals surface area (Å²) in [5.74, 6) is -0.0184. The number of rotatable bonds is 5. The molecule has 0 aliphatic heterocycles. The molecule has 2 N–H and O–H groups in total. The number of nitro benzene ring substituents is 1. The van der Waals surface area contributed by atoms with Crippen LogP contribution in [0.25, 0.3) is 10.2 Å². The lowest BCUT2D eigenvalue weighted by atomic mass is 10.1. The van der Waals surface area contributed by atoms with Gasteiger partial charge in [0, 0.05) is 12.1 Å². The van der Waals surface area contributed by atoms with Crippen molar-refractivity contribution in [3.63, 3.8) is 0 Å². The summed E-state index contributed by atoms with van der Waals surface area (Å²) in [7, 11) is 1.44. The number of non-ortho nitro benzene ring substituents is 1. The number of fused-ring (bicyclic) bond motifs is 1. The van der Waals surface area contributed by atoms with E-state index in [2.05, 4.69) is 10.3 Å². The highest BCUT2D eigenvalue weighted by Gasteiger charge is 2.13. The molecule has 8 nitrogen and oxygen atoms in total. The normalized spacial score (nSPS) is 10.6. The number of aromatic hydroxyl groups is 1. The quantitative estimate of drug-likeness (QED) is 0.534. The maximum Gasteiger partial charge on any atom is 0.270 e. The van der Waals surface area contributed by atoms with Gasteiger partial charge in [-0.15, -0.1) is 0 Å². The van der Waals surface area contributed by atoms with Crippen LogP contribution in [-0.4, -0.2) is 28.0 Å². The van der Waals surface area contributed by atoms with Crippen LogP contribution in [0.3, 0.4) is 0 Å². The number of methoxy groups -OCH3 is 1. The third-order valence-corrected chi connectivity index (χ3v) is 4.37. The summed E-state index contributed by atoms with van der Waals surface area (Å²) in [6.07, 6.45) is 0.0492. The lowest BCUT2D eigenvalue weighted by molar-refractivity contribution is -0.384. The molecule has 1 heterocycles. The van der Waals surface area contributed by atoms with Gasteiger partial charge in [-0.2, -0.15) is 0 Å². The highest BCUT2D eigenvalue weighted by atomic mass is 32.1. The first-order valence-electron chi connectivity index (χ1n) is 7.17. The minimum atomic E-state index is -0.479. The maximum absolute atomic E-state index is 12.1. The van der Waals surface area contributed by atoms with Crippen LogP contribution in [0.1, 0.15) is 5.56 Å². The Kier molecular flexibility index (Phi) is 4.48. The SMILES string of the molecule is COc1ccc(CC(=O)Nc2nc3ccc([N+](=O)[O-])cc3s2)cc1O. The molecule has 3 rings (SSSR count). The summed E-state index contributed by atoms with van der Waals surface area (Å²) in [5, 5.41) is 23.6. The molecule has 0 aliphatic rings. The molecule has 3 aromatic rings. The van der Waals surface area contributed by atoms with E-state index < -0.39 is 4.92 Å². The Labute approximate surface area is 145 Å². The standard InChI is InChI=1S/C16H13N3O5S/c1-24-13-5-2-9(6-12(13)20)7-15(21)18-16-17-11-4-3-10(19(22)23)8-14(11)25-16/h2-6,8,20H,7H2,1H3,(H,17,18,21). The summed E-state index contributed by atoms with van der Waals surface area (Å²) in [4.78, 5) is 26.7. The number of nitro groups is 1. The molecule has 0 fully saturated rings. The van der Waals surface area contributed by atoms with E-state index in [0.29, 0.717) is 26.7 Å². The zero-order chi connectivity index (χ0) is 18.0. The Balaban J connectivity index is 1.73. The highest BCUT2D eigenvalue weighted by molar-refractivity contribution is 7.22. The van der Waals surface area contributed by atoms with E-state index in [9.17, 15) is 20.0 Å². The van der Waals surface area contributed by atoms with Gasteiger partial charge in [-0.05, 0) is 23.8 Å². The molecule has 0 bridgehead atoms. The van der Waals surface area contributed by atoms with Crippen LogP contribution >= 0.6 is 11.3 Å². The fourth-order valence-electron chi connectivity index (χ4n) is 2.27. The Hall–Kier alpha value is -3.20. The third-order valence-electron chi connectivity index (χ3n) is 3.44. The van der Waals surface area contributed by atoms with Gasteiger partial charge in [-0.1, -0.05) is 17.4 Å². The summed E-state index contributed by atoms with van der Waals surface area (Å²) >= 11 is 1.16. The van der Waals surface area contributed by atoms with Crippen molar-refractivity contribution in [1.82, 2.24) is 4.98 Å². The van der Waals surface area contributed by atoms with E-state index >= 15 is 0 Å². The smallest absolute Gasteiger partial charge is 0.270 e. The topological polar surface area (TPSA) is 115 Å². The van der Waals surface area contributed by atoms with Crippen molar-refractivity contribution in [2.24, 2.45) is 0 Å². The summed E-state index contributed by atoms with van der Waals surface area (Å²) < 4.78 is 5.57. The monoisotopic (exact) mass is 359 g/mol. The second-order valence-corrected chi connectivity index (χ2v) is 6.19. The summed E-state index contributed by atoms with van der Waals surface area (Å²) in [6, 6.07) is 9.05. The van der Waals surface area contributed by atoms with Gasteiger partial charge in [0.15, 0.2) is 16.6 Å². The molecule has 1 aromatic heterocycles. The number of carbonyl (C=O) groups is 1. The highest BCUT2D eigenvalue weighted by Crippen LogP contribution is 2.30. The number of ether oxygens (including phenoxy) is 1. The Morgan fingerprint density at radius 2 is 2.16 bits per heavy atom. The minimum absolute atomic E-state index is 0.0252. The summed E-state index contributed by atoms with van der Waals surface area (Å²) in [5.41, 5.74) is 1.17. The molecular formula is C16H13N3O5S. The molecule has 9 heteroatoms. The maximum atomic E-state index is 12.1. The zero-order valence-corrected chi connectivity index (χ0v) is 13.9. The van der Waals surface area contributed by atoms with Crippen LogP contribution in [0.4, 0.5) is 10.8 Å². The molecule has 0 saturated carbocycles. The number of aromatic nitrogens is 1. The number of phenols is 1. The number of hydrogen-bond acceptors (Lipinski definition) is 7. The van der Waals surface area contributed by atoms with E-state index in [4.69, 9.17) is 4.74 Å². The molecule has 0 unspecified atom stereocenters. The van der Waals surface area contributed by atoms with Gasteiger partial charge in [-0.3, -0.25) is 14.9 Å². The van der Waals surface area contributed by atoms with Crippen molar-refractivity contribution in [3.8, 4) is 11.5 Å². The Morgan fingerprint density at radius 1 is 1.36 bits per heavy atom. The Bertz CT molecular complexity index is 970. The average Bonchev–Trinajstić information content (AvgIpc) is 2.95. The Morgan fingerprint density at radius 3 is 2.84 bits per heavy atom. The minimum Gasteiger partial charge on any atom is -0.504 e. The van der Waals surface area contributed by atoms with E-state index in [1.807, 2.05) is 0 Å². The fraction of sp³-hybridized carbons (Fsp3) is 0.125. The molecule has 0 spiro atoms. The first kappa shape index (κ1) is 16.7. The molecule has 128 valence electrons. The molecule has 25 heavy (non-hydrogen) atoms. The van der Waals surface area contributed by atoms with Gasteiger partial charge < -0.3 is 15.2 Å². The number of thiazole rings is 1. The van der Waals surface area contributed by atoms with Crippen LogP contribution in [0.5, 0.6) is 11.5 Å². The number of benzene rings is 2. The van der Waals surface area contributed by atoms with Crippen molar-refractivity contribution < 1.29 is 19.6 Å². The van der Waals surface area contributed by atoms with Crippen LogP contribution in [0.15, 0.2) is 36.4 Å². The second kappa shape index (κ2) is 6.73. The number of nitrogens with one attached hydrogen (secondary N) is 1. The van der Waals surface area contributed by atoms with Crippen LogP contribution in [0, 0.1) is 10.1 Å². The molecule has 1 amide bonds. The fourth-order valence-corrected chi connectivity index (χ4v) is 3.19. The van der Waals surface area contributed by atoms with E-state index in [-0.39, 0.29) is 23.8 Å². The number of carbonyl (C=O) groups excluding carboxylic acids is 1. The number of nitrogens with zero attached hydrogens (tertiary/aromatic N) is 2. The predicted octanol–water partition coefficient (Wildman–Crippen LogP) is 3.10. The van der Waals surface area contributed by atoms with Gasteiger partial charge in [0.05, 0.1) is 28.7 Å². The van der Waals surface area contributed by atoms with E-state index in [1.165, 1.54) is 25.3 Å². The predicted molar refractivity (Wildman–Crippen MR) is 93.3 cm³/mol. The van der Waals surface area contributed by atoms with Gasteiger partial charge in [0.25, 0.3) is 5.69 Å². The van der Waals surface area contributed by atoms with Crippen molar-refractivity contribution in [3.05, 3.63) is 52.1 Å². The van der Waals surface area contributed by atoms with Gasteiger partial charge >= 0.3 is 0 Å². The number of amides is 1. The average molecular weight is 359 g/mol. The largest absolute Gasteiger partial charge is 0.504 e. The first-order valence-corrected chi connectivity index (χ1v) is 7.98. The third kappa shape index (κ3) is 3.66.